The zero-order chi connectivity index (χ0) is 13.9. The van der Waals surface area contributed by atoms with Gasteiger partial charge in [-0.25, -0.2) is 4.98 Å². The number of pyridine rings is 1. The van der Waals surface area contributed by atoms with Gasteiger partial charge in [0.05, 0.1) is 17.8 Å². The number of H-pyrrole nitrogens is 1. The Kier molecular flexibility index (Phi) is 3.58. The van der Waals surface area contributed by atoms with Crippen molar-refractivity contribution in [2.75, 3.05) is 0 Å². The van der Waals surface area contributed by atoms with Crippen LogP contribution in [0.15, 0.2) is 34.6 Å². The van der Waals surface area contributed by atoms with E-state index < -0.39 is 0 Å². The predicted octanol–water partition coefficient (Wildman–Crippen LogP) is 1.98. The molecule has 0 unspecified atom stereocenters. The molecule has 0 atom stereocenters. The van der Waals surface area contributed by atoms with E-state index in [1.54, 1.807) is 6.20 Å². The number of rotatable bonds is 4. The minimum Gasteiger partial charge on any atom is -0.308 e. The van der Waals surface area contributed by atoms with Crippen molar-refractivity contribution in [2.45, 2.75) is 20.0 Å². The van der Waals surface area contributed by atoms with Crippen molar-refractivity contribution in [1.82, 2.24) is 20.3 Å². The van der Waals surface area contributed by atoms with Gasteiger partial charge >= 0.3 is 0 Å². The number of aryl methyl sites for hydroxylation is 1. The summed E-state index contributed by atoms with van der Waals surface area (Å²) in [6.07, 6.45) is 1.78. The Balaban J connectivity index is 1.71. The molecule has 3 heterocycles. The third-order valence-corrected chi connectivity index (χ3v) is 3.97. The molecule has 20 heavy (non-hydrogen) atoms. The minimum atomic E-state index is -0.0733. The molecule has 0 fully saturated rings. The molecule has 0 saturated carbocycles. The maximum absolute atomic E-state index is 11.8. The van der Waals surface area contributed by atoms with Crippen molar-refractivity contribution in [1.29, 1.82) is 0 Å². The average Bonchev–Trinajstić information content (AvgIpc) is 2.90. The summed E-state index contributed by atoms with van der Waals surface area (Å²) in [5.74, 6) is 0.648. The highest BCUT2D eigenvalue weighted by Crippen LogP contribution is 2.13. The molecule has 0 radical (unpaired) electrons. The molecule has 0 saturated heterocycles. The van der Waals surface area contributed by atoms with Gasteiger partial charge in [-0.1, -0.05) is 6.07 Å². The first kappa shape index (κ1) is 13.0. The van der Waals surface area contributed by atoms with Gasteiger partial charge in [0.1, 0.15) is 10.5 Å². The summed E-state index contributed by atoms with van der Waals surface area (Å²) in [4.78, 5) is 23.4. The van der Waals surface area contributed by atoms with E-state index in [1.165, 1.54) is 11.3 Å². The first-order valence-corrected chi connectivity index (χ1v) is 7.19. The van der Waals surface area contributed by atoms with E-state index in [4.69, 9.17) is 0 Å². The highest BCUT2D eigenvalue weighted by molar-refractivity contribution is 7.17. The van der Waals surface area contributed by atoms with Crippen molar-refractivity contribution in [3.05, 3.63) is 57.2 Å². The normalized spacial score (nSPS) is 11.1. The van der Waals surface area contributed by atoms with Crippen LogP contribution in [0.5, 0.6) is 0 Å². The topological polar surface area (TPSA) is 70.7 Å². The molecule has 0 spiro atoms. The quantitative estimate of drug-likeness (QED) is 0.769. The van der Waals surface area contributed by atoms with E-state index in [0.29, 0.717) is 23.6 Å². The Labute approximate surface area is 119 Å². The van der Waals surface area contributed by atoms with Gasteiger partial charge in [0, 0.05) is 12.7 Å². The second-order valence-electron chi connectivity index (χ2n) is 4.52. The Bertz CT molecular complexity index is 793. The van der Waals surface area contributed by atoms with Gasteiger partial charge < -0.3 is 10.3 Å². The summed E-state index contributed by atoms with van der Waals surface area (Å²) in [6.45, 7) is 3.19. The Morgan fingerprint density at radius 1 is 1.35 bits per heavy atom. The van der Waals surface area contributed by atoms with Gasteiger partial charge in [0.15, 0.2) is 0 Å². The van der Waals surface area contributed by atoms with Crippen molar-refractivity contribution in [2.24, 2.45) is 0 Å². The first-order valence-electron chi connectivity index (χ1n) is 6.31. The van der Waals surface area contributed by atoms with Gasteiger partial charge in [0.25, 0.3) is 5.56 Å². The Morgan fingerprint density at radius 2 is 2.25 bits per heavy atom. The lowest BCUT2D eigenvalue weighted by Crippen LogP contribution is -2.19. The lowest BCUT2D eigenvalue weighted by Gasteiger charge is -2.06. The Hall–Kier alpha value is -2.05. The maximum Gasteiger partial charge on any atom is 0.268 e. The number of nitrogens with zero attached hydrogens (tertiary/aromatic N) is 2. The van der Waals surface area contributed by atoms with Crippen LogP contribution in [0.4, 0.5) is 0 Å². The number of hydrogen-bond donors (Lipinski definition) is 2. The zero-order valence-electron chi connectivity index (χ0n) is 11.0. The molecule has 2 N–H and O–H groups in total. The van der Waals surface area contributed by atoms with Crippen LogP contribution in [0.1, 0.15) is 17.1 Å². The van der Waals surface area contributed by atoms with Crippen LogP contribution >= 0.6 is 11.3 Å². The molecule has 0 aliphatic carbocycles. The van der Waals surface area contributed by atoms with E-state index in [-0.39, 0.29) is 5.56 Å². The largest absolute Gasteiger partial charge is 0.308 e. The van der Waals surface area contributed by atoms with Gasteiger partial charge in [-0.15, -0.1) is 11.3 Å². The Morgan fingerprint density at radius 3 is 3.10 bits per heavy atom. The first-order chi connectivity index (χ1) is 9.74. The van der Waals surface area contributed by atoms with E-state index in [0.717, 1.165) is 16.8 Å². The van der Waals surface area contributed by atoms with Crippen molar-refractivity contribution < 1.29 is 0 Å². The molecule has 3 aromatic rings. The van der Waals surface area contributed by atoms with Gasteiger partial charge in [-0.05, 0) is 30.0 Å². The maximum atomic E-state index is 11.8. The number of aromatic nitrogens is 3. The summed E-state index contributed by atoms with van der Waals surface area (Å²) < 4.78 is 0.675. The molecule has 0 bridgehead atoms. The molecule has 0 aromatic carbocycles. The van der Waals surface area contributed by atoms with E-state index >= 15 is 0 Å². The summed E-state index contributed by atoms with van der Waals surface area (Å²) in [5.41, 5.74) is 2.83. The molecule has 3 aromatic heterocycles. The van der Waals surface area contributed by atoms with E-state index in [9.17, 15) is 4.79 Å². The highest BCUT2D eigenvalue weighted by atomic mass is 32.1. The second-order valence-corrected chi connectivity index (χ2v) is 5.43. The predicted molar refractivity (Wildman–Crippen MR) is 79.8 cm³/mol. The number of fused-ring (bicyclic) bond motifs is 1. The molecule has 0 aliphatic rings. The average molecular weight is 286 g/mol. The van der Waals surface area contributed by atoms with Crippen LogP contribution in [-0.2, 0) is 13.1 Å². The van der Waals surface area contributed by atoms with Crippen LogP contribution in [0.25, 0.3) is 10.2 Å². The minimum absolute atomic E-state index is 0.0733. The molecule has 5 nitrogen and oxygen atoms in total. The van der Waals surface area contributed by atoms with Crippen LogP contribution in [0, 0.1) is 6.92 Å². The van der Waals surface area contributed by atoms with Crippen LogP contribution in [-0.4, -0.2) is 15.0 Å². The number of nitrogens with one attached hydrogen (secondary N) is 2. The smallest absolute Gasteiger partial charge is 0.268 e. The molecule has 3 rings (SSSR count). The van der Waals surface area contributed by atoms with Crippen LogP contribution in [0.3, 0.4) is 0 Å². The lowest BCUT2D eigenvalue weighted by atomic mass is 10.2. The van der Waals surface area contributed by atoms with Gasteiger partial charge in [-0.2, -0.15) is 0 Å². The van der Waals surface area contributed by atoms with Crippen LogP contribution < -0.4 is 10.9 Å². The second kappa shape index (κ2) is 5.52. The van der Waals surface area contributed by atoms with Crippen LogP contribution in [0.2, 0.25) is 0 Å². The van der Waals surface area contributed by atoms with Crippen molar-refractivity contribution in [3.8, 4) is 0 Å². The fourth-order valence-electron chi connectivity index (χ4n) is 2.01. The highest BCUT2D eigenvalue weighted by Gasteiger charge is 2.05. The lowest BCUT2D eigenvalue weighted by molar-refractivity contribution is 0.650. The fraction of sp³-hybridized carbons (Fsp3) is 0.214. The molecular formula is C14H14N4OS. The molecule has 0 amide bonds. The summed E-state index contributed by atoms with van der Waals surface area (Å²) >= 11 is 1.41. The van der Waals surface area contributed by atoms with Gasteiger partial charge in [-0.3, -0.25) is 9.78 Å². The standard InChI is InChI=1S/C14H14N4OS/c1-9-3-2-5-16-11(9)7-15-8-12-17-10-4-6-20-13(10)14(19)18-12/h2-6,15H,7-8H2,1H3,(H,17,18,19). The molecule has 0 aliphatic heterocycles. The van der Waals surface area contributed by atoms with Gasteiger partial charge in [0.2, 0.25) is 0 Å². The number of aromatic amines is 1. The summed E-state index contributed by atoms with van der Waals surface area (Å²) in [5, 5.41) is 5.13. The number of hydrogen-bond acceptors (Lipinski definition) is 5. The monoisotopic (exact) mass is 286 g/mol. The van der Waals surface area contributed by atoms with Crippen molar-refractivity contribution >= 4 is 21.6 Å². The summed E-state index contributed by atoms with van der Waals surface area (Å²) in [7, 11) is 0. The molecular weight excluding hydrogens is 272 g/mol. The molecule has 6 heteroatoms. The zero-order valence-corrected chi connectivity index (χ0v) is 11.8. The van der Waals surface area contributed by atoms with Crippen molar-refractivity contribution in [3.63, 3.8) is 0 Å². The molecule has 102 valence electrons. The SMILES string of the molecule is Cc1cccnc1CNCc1nc2ccsc2c(=O)[nH]1. The fourth-order valence-corrected chi connectivity index (χ4v) is 2.73. The third-order valence-electron chi connectivity index (χ3n) is 3.07. The third kappa shape index (κ3) is 2.61. The summed E-state index contributed by atoms with van der Waals surface area (Å²) in [6, 6.07) is 5.81. The van der Waals surface area contributed by atoms with E-state index in [1.807, 2.05) is 30.5 Å². The number of thiophene rings is 1. The van der Waals surface area contributed by atoms with E-state index in [2.05, 4.69) is 20.3 Å².